The molecule has 1 aromatic carbocycles. The minimum Gasteiger partial charge on any atom is -0.390 e. The van der Waals surface area contributed by atoms with Crippen LogP contribution in [0.5, 0.6) is 0 Å². The fourth-order valence-electron chi connectivity index (χ4n) is 3.50. The molecule has 27 heavy (non-hydrogen) atoms. The van der Waals surface area contributed by atoms with Crippen molar-refractivity contribution < 1.29 is 14.3 Å². The molecule has 144 valence electrons. The Kier molecular flexibility index (Phi) is 6.09. The van der Waals surface area contributed by atoms with Crippen LogP contribution in [0.1, 0.15) is 50.1 Å². The van der Waals surface area contributed by atoms with Crippen molar-refractivity contribution in [1.29, 1.82) is 0 Å². The monoisotopic (exact) mass is 481 g/mol. The molecule has 0 N–H and O–H groups in total. The summed E-state index contributed by atoms with van der Waals surface area (Å²) in [6, 6.07) is 8.36. The van der Waals surface area contributed by atoms with Gasteiger partial charge in [-0.05, 0) is 66.5 Å². The van der Waals surface area contributed by atoms with Crippen molar-refractivity contribution in [2.24, 2.45) is 5.16 Å². The van der Waals surface area contributed by atoms with Crippen LogP contribution in [0.15, 0.2) is 41.8 Å². The molecule has 2 unspecified atom stereocenters. The Hall–Kier alpha value is -1.45. The zero-order valence-corrected chi connectivity index (χ0v) is 17.5. The summed E-state index contributed by atoms with van der Waals surface area (Å²) < 4.78 is 15.1. The SMILES string of the molecule is C[C@H](OC1CCCCO1)c1nccn1CC1CC(c2ccc(I)cc2)=NO1. The Labute approximate surface area is 173 Å². The van der Waals surface area contributed by atoms with Crippen molar-refractivity contribution in [3.8, 4) is 0 Å². The van der Waals surface area contributed by atoms with Gasteiger partial charge in [0.2, 0.25) is 0 Å². The quantitative estimate of drug-likeness (QED) is 0.578. The van der Waals surface area contributed by atoms with Gasteiger partial charge >= 0.3 is 0 Å². The van der Waals surface area contributed by atoms with Gasteiger partial charge in [0.05, 0.1) is 12.3 Å². The van der Waals surface area contributed by atoms with Gasteiger partial charge in [-0.2, -0.15) is 0 Å². The summed E-state index contributed by atoms with van der Waals surface area (Å²) in [5, 5.41) is 4.29. The van der Waals surface area contributed by atoms with Gasteiger partial charge in [0, 0.05) is 29.0 Å². The third-order valence-corrected chi connectivity index (χ3v) is 5.64. The van der Waals surface area contributed by atoms with Crippen LogP contribution in [0.25, 0.3) is 0 Å². The van der Waals surface area contributed by atoms with E-state index in [9.17, 15) is 0 Å². The first-order valence-corrected chi connectivity index (χ1v) is 10.5. The maximum Gasteiger partial charge on any atom is 0.158 e. The fourth-order valence-corrected chi connectivity index (χ4v) is 3.86. The highest BCUT2D eigenvalue weighted by atomic mass is 127. The average Bonchev–Trinajstić information content (AvgIpc) is 3.33. The van der Waals surface area contributed by atoms with Gasteiger partial charge < -0.3 is 18.9 Å². The van der Waals surface area contributed by atoms with Gasteiger partial charge in [0.1, 0.15) is 11.9 Å². The number of aromatic nitrogens is 2. The molecule has 0 radical (unpaired) electrons. The number of oxime groups is 1. The molecule has 0 aliphatic carbocycles. The topological polar surface area (TPSA) is 57.9 Å². The molecule has 2 aliphatic heterocycles. The molecular weight excluding hydrogens is 457 g/mol. The highest BCUT2D eigenvalue weighted by molar-refractivity contribution is 14.1. The smallest absolute Gasteiger partial charge is 0.158 e. The van der Waals surface area contributed by atoms with Gasteiger partial charge in [-0.25, -0.2) is 4.98 Å². The molecular formula is C20H24IN3O3. The van der Waals surface area contributed by atoms with Crippen LogP contribution in [-0.2, 0) is 20.9 Å². The standard InChI is InChI=1S/C20H24IN3O3/c1-14(26-19-4-2-3-11-25-19)20-22-9-10-24(20)13-17-12-18(23-27-17)15-5-7-16(21)8-6-15/h5-10,14,17,19H,2-4,11-13H2,1H3/t14-,17?,19?/m0/s1. The molecule has 3 heterocycles. The molecule has 0 spiro atoms. The molecule has 4 rings (SSSR count). The average molecular weight is 481 g/mol. The number of halogens is 1. The number of hydrogen-bond acceptors (Lipinski definition) is 5. The lowest BCUT2D eigenvalue weighted by atomic mass is 10.1. The number of ether oxygens (including phenoxy) is 2. The minimum atomic E-state index is -0.127. The molecule has 1 fully saturated rings. The van der Waals surface area contributed by atoms with Crippen LogP contribution < -0.4 is 0 Å². The number of imidazole rings is 1. The first-order chi connectivity index (χ1) is 13.2. The van der Waals surface area contributed by atoms with E-state index in [2.05, 4.69) is 61.6 Å². The summed E-state index contributed by atoms with van der Waals surface area (Å²) in [4.78, 5) is 10.2. The Balaban J connectivity index is 1.35. The van der Waals surface area contributed by atoms with E-state index < -0.39 is 0 Å². The van der Waals surface area contributed by atoms with E-state index in [-0.39, 0.29) is 18.5 Å². The highest BCUT2D eigenvalue weighted by Crippen LogP contribution is 2.24. The van der Waals surface area contributed by atoms with Crippen molar-refractivity contribution in [3.05, 3.63) is 51.6 Å². The van der Waals surface area contributed by atoms with Gasteiger partial charge in [-0.15, -0.1) is 0 Å². The zero-order valence-electron chi connectivity index (χ0n) is 15.4. The Bertz CT molecular complexity index is 784. The number of rotatable bonds is 6. The Morgan fingerprint density at radius 2 is 2.15 bits per heavy atom. The van der Waals surface area contributed by atoms with E-state index in [1.165, 1.54) is 3.57 Å². The molecule has 2 aliphatic rings. The molecule has 1 saturated heterocycles. The van der Waals surface area contributed by atoms with Crippen LogP contribution >= 0.6 is 22.6 Å². The van der Waals surface area contributed by atoms with Crippen LogP contribution in [0.2, 0.25) is 0 Å². The third-order valence-electron chi connectivity index (χ3n) is 4.92. The van der Waals surface area contributed by atoms with Crippen LogP contribution in [-0.4, -0.2) is 34.3 Å². The van der Waals surface area contributed by atoms with E-state index in [0.717, 1.165) is 49.4 Å². The summed E-state index contributed by atoms with van der Waals surface area (Å²) in [6.07, 6.45) is 7.55. The Morgan fingerprint density at radius 3 is 2.93 bits per heavy atom. The molecule has 3 atom stereocenters. The lowest BCUT2D eigenvalue weighted by Gasteiger charge is -2.26. The second-order valence-electron chi connectivity index (χ2n) is 6.99. The summed E-state index contributed by atoms with van der Waals surface area (Å²) in [6.45, 7) is 3.51. The summed E-state index contributed by atoms with van der Waals surface area (Å²) in [5.41, 5.74) is 2.12. The second kappa shape index (κ2) is 8.70. The molecule has 6 nitrogen and oxygen atoms in total. The summed E-state index contributed by atoms with van der Waals surface area (Å²) in [5.74, 6) is 0.899. The van der Waals surface area contributed by atoms with Crippen LogP contribution in [0.4, 0.5) is 0 Å². The first-order valence-electron chi connectivity index (χ1n) is 9.46. The van der Waals surface area contributed by atoms with E-state index in [0.29, 0.717) is 6.54 Å². The normalized spacial score (nSPS) is 23.7. The predicted octanol–water partition coefficient (Wildman–Crippen LogP) is 4.29. The van der Waals surface area contributed by atoms with E-state index in [1.807, 2.05) is 19.3 Å². The maximum absolute atomic E-state index is 6.07. The number of nitrogens with zero attached hydrogens (tertiary/aromatic N) is 3. The largest absolute Gasteiger partial charge is 0.390 e. The van der Waals surface area contributed by atoms with Gasteiger partial charge in [0.15, 0.2) is 12.4 Å². The van der Waals surface area contributed by atoms with Crippen molar-refractivity contribution in [2.45, 2.75) is 57.6 Å². The molecule has 0 bridgehead atoms. The summed E-state index contributed by atoms with van der Waals surface area (Å²) >= 11 is 2.31. The summed E-state index contributed by atoms with van der Waals surface area (Å²) in [7, 11) is 0. The minimum absolute atomic E-state index is 0.00496. The third kappa shape index (κ3) is 4.70. The van der Waals surface area contributed by atoms with Crippen molar-refractivity contribution in [1.82, 2.24) is 9.55 Å². The highest BCUT2D eigenvalue weighted by Gasteiger charge is 2.26. The van der Waals surface area contributed by atoms with Gasteiger partial charge in [0.25, 0.3) is 0 Å². The van der Waals surface area contributed by atoms with Crippen LogP contribution in [0, 0.1) is 3.57 Å². The van der Waals surface area contributed by atoms with Gasteiger partial charge in [-0.1, -0.05) is 17.3 Å². The van der Waals surface area contributed by atoms with Gasteiger partial charge in [-0.3, -0.25) is 0 Å². The van der Waals surface area contributed by atoms with E-state index >= 15 is 0 Å². The van der Waals surface area contributed by atoms with Crippen molar-refractivity contribution in [2.75, 3.05) is 6.61 Å². The second-order valence-corrected chi connectivity index (χ2v) is 8.23. The molecule has 2 aromatic rings. The van der Waals surface area contributed by atoms with Crippen molar-refractivity contribution in [3.63, 3.8) is 0 Å². The first kappa shape index (κ1) is 18.9. The fraction of sp³-hybridized carbons (Fsp3) is 0.500. The van der Waals surface area contributed by atoms with E-state index in [1.54, 1.807) is 0 Å². The number of hydrogen-bond donors (Lipinski definition) is 0. The lowest BCUT2D eigenvalue weighted by Crippen LogP contribution is -2.25. The van der Waals surface area contributed by atoms with Crippen LogP contribution in [0.3, 0.4) is 0 Å². The predicted molar refractivity (Wildman–Crippen MR) is 111 cm³/mol. The Morgan fingerprint density at radius 1 is 1.30 bits per heavy atom. The molecule has 1 aromatic heterocycles. The zero-order chi connectivity index (χ0) is 18.6. The van der Waals surface area contributed by atoms with Crippen molar-refractivity contribution >= 4 is 28.3 Å². The maximum atomic E-state index is 6.07. The lowest BCUT2D eigenvalue weighted by molar-refractivity contribution is -0.188. The molecule has 0 amide bonds. The molecule has 0 saturated carbocycles. The number of benzene rings is 1. The van der Waals surface area contributed by atoms with E-state index in [4.69, 9.17) is 14.3 Å². The molecule has 7 heteroatoms.